The summed E-state index contributed by atoms with van der Waals surface area (Å²) in [5, 5.41) is 6.91. The molecule has 1 heterocycles. The van der Waals surface area contributed by atoms with Gasteiger partial charge in [0.15, 0.2) is 5.76 Å². The summed E-state index contributed by atoms with van der Waals surface area (Å²) in [6.07, 6.45) is 1.20. The summed E-state index contributed by atoms with van der Waals surface area (Å²) in [5.74, 6) is 0.313. The fraction of sp³-hybridized carbons (Fsp3) is 0.0769. The Morgan fingerprint density at radius 3 is 2.83 bits per heavy atom. The van der Waals surface area contributed by atoms with Crippen molar-refractivity contribution in [2.75, 3.05) is 5.32 Å². The highest BCUT2D eigenvalue weighted by Crippen LogP contribution is 2.30. The smallest absolute Gasteiger partial charge is 0.247 e. The summed E-state index contributed by atoms with van der Waals surface area (Å²) >= 11 is 6.13. The number of aromatic nitrogens is 1. The number of carbonyl (C=O) groups is 1. The van der Waals surface area contributed by atoms with Gasteiger partial charge in [-0.05, 0) is 31.2 Å². The van der Waals surface area contributed by atoms with Crippen LogP contribution in [0, 0.1) is 6.92 Å². The Kier molecular flexibility index (Phi) is 3.48. The first-order valence-electron chi connectivity index (χ1n) is 5.27. The maximum absolute atomic E-state index is 11.1. The van der Waals surface area contributed by atoms with Crippen LogP contribution in [0.3, 0.4) is 0 Å². The Morgan fingerprint density at radius 1 is 1.50 bits per heavy atom. The highest BCUT2D eigenvalue weighted by Gasteiger charge is 2.09. The third-order valence-electron chi connectivity index (χ3n) is 2.32. The van der Waals surface area contributed by atoms with Crippen molar-refractivity contribution >= 4 is 23.2 Å². The molecule has 92 valence electrons. The maximum Gasteiger partial charge on any atom is 0.247 e. The van der Waals surface area contributed by atoms with E-state index in [1.54, 1.807) is 24.3 Å². The van der Waals surface area contributed by atoms with E-state index in [4.69, 9.17) is 16.1 Å². The molecule has 1 aromatic carbocycles. The van der Waals surface area contributed by atoms with E-state index in [1.807, 2.05) is 6.92 Å². The lowest BCUT2D eigenvalue weighted by Crippen LogP contribution is -2.06. The van der Waals surface area contributed by atoms with Gasteiger partial charge in [0.1, 0.15) is 0 Å². The van der Waals surface area contributed by atoms with E-state index < -0.39 is 0 Å². The van der Waals surface area contributed by atoms with Crippen LogP contribution in [0.2, 0.25) is 5.02 Å². The third-order valence-corrected chi connectivity index (χ3v) is 2.63. The van der Waals surface area contributed by atoms with Gasteiger partial charge in [-0.3, -0.25) is 4.79 Å². The first-order chi connectivity index (χ1) is 8.60. The number of anilines is 1. The van der Waals surface area contributed by atoms with Crippen LogP contribution in [-0.4, -0.2) is 11.1 Å². The molecule has 1 aromatic heterocycles. The molecule has 0 aliphatic rings. The van der Waals surface area contributed by atoms with Gasteiger partial charge in [-0.2, -0.15) is 0 Å². The molecule has 0 aliphatic carbocycles. The largest absolute Gasteiger partial charge is 0.356 e. The molecule has 2 rings (SSSR count). The minimum Gasteiger partial charge on any atom is -0.356 e. The van der Waals surface area contributed by atoms with Gasteiger partial charge < -0.3 is 9.84 Å². The zero-order valence-corrected chi connectivity index (χ0v) is 10.5. The van der Waals surface area contributed by atoms with Gasteiger partial charge >= 0.3 is 0 Å². The molecule has 0 saturated heterocycles. The predicted octanol–water partition coefficient (Wildman–Crippen LogP) is 3.43. The SMILES string of the molecule is C=CC(=O)Nc1ccc(-c2cc(C)no2)c(Cl)c1. The lowest BCUT2D eigenvalue weighted by Gasteiger charge is -2.05. The number of nitrogens with zero attached hydrogens (tertiary/aromatic N) is 1. The van der Waals surface area contributed by atoms with Crippen LogP contribution in [-0.2, 0) is 4.79 Å². The Labute approximate surface area is 109 Å². The molecule has 0 radical (unpaired) electrons. The van der Waals surface area contributed by atoms with Crippen molar-refractivity contribution in [2.45, 2.75) is 6.92 Å². The minimum atomic E-state index is -0.283. The summed E-state index contributed by atoms with van der Waals surface area (Å²) in [5.41, 5.74) is 2.11. The van der Waals surface area contributed by atoms with Crippen molar-refractivity contribution < 1.29 is 9.32 Å². The Bertz CT molecular complexity index is 605. The van der Waals surface area contributed by atoms with Gasteiger partial charge in [0, 0.05) is 17.3 Å². The summed E-state index contributed by atoms with van der Waals surface area (Å²) < 4.78 is 5.14. The van der Waals surface area contributed by atoms with E-state index in [0.717, 1.165) is 11.3 Å². The third kappa shape index (κ3) is 2.60. The van der Waals surface area contributed by atoms with E-state index in [-0.39, 0.29) is 5.91 Å². The van der Waals surface area contributed by atoms with Gasteiger partial charge in [0.2, 0.25) is 5.91 Å². The number of hydrogen-bond acceptors (Lipinski definition) is 3. The molecule has 0 spiro atoms. The van der Waals surface area contributed by atoms with Crippen molar-refractivity contribution in [3.8, 4) is 11.3 Å². The molecule has 0 fully saturated rings. The highest BCUT2D eigenvalue weighted by atomic mass is 35.5. The maximum atomic E-state index is 11.1. The number of hydrogen-bond donors (Lipinski definition) is 1. The molecule has 0 aliphatic heterocycles. The number of amides is 1. The fourth-order valence-electron chi connectivity index (χ4n) is 1.48. The van der Waals surface area contributed by atoms with Crippen LogP contribution < -0.4 is 5.32 Å². The molecule has 0 saturated carbocycles. The molecular formula is C13H11ClN2O2. The standard InChI is InChI=1S/C13H11ClN2O2/c1-3-13(17)15-9-4-5-10(11(14)7-9)12-6-8(2)16-18-12/h3-7H,1H2,2H3,(H,15,17). The van der Waals surface area contributed by atoms with E-state index in [1.165, 1.54) is 6.08 Å². The van der Waals surface area contributed by atoms with Crippen LogP contribution in [0.4, 0.5) is 5.69 Å². The molecule has 18 heavy (non-hydrogen) atoms. The molecule has 0 unspecified atom stereocenters. The van der Waals surface area contributed by atoms with Gasteiger partial charge in [-0.25, -0.2) is 0 Å². The second kappa shape index (κ2) is 5.06. The molecule has 5 heteroatoms. The van der Waals surface area contributed by atoms with Crippen molar-refractivity contribution in [1.29, 1.82) is 0 Å². The first kappa shape index (κ1) is 12.4. The second-order valence-corrected chi connectivity index (χ2v) is 4.13. The minimum absolute atomic E-state index is 0.283. The lowest BCUT2D eigenvalue weighted by atomic mass is 10.1. The molecule has 1 amide bonds. The molecule has 1 N–H and O–H groups in total. The van der Waals surface area contributed by atoms with Gasteiger partial charge in [-0.1, -0.05) is 23.3 Å². The summed E-state index contributed by atoms with van der Waals surface area (Å²) in [7, 11) is 0. The average molecular weight is 263 g/mol. The van der Waals surface area contributed by atoms with E-state index in [0.29, 0.717) is 16.5 Å². The average Bonchev–Trinajstić information content (AvgIpc) is 2.75. The quantitative estimate of drug-likeness (QED) is 0.862. The normalized spacial score (nSPS) is 10.1. The lowest BCUT2D eigenvalue weighted by molar-refractivity contribution is -0.111. The monoisotopic (exact) mass is 262 g/mol. The molecule has 4 nitrogen and oxygen atoms in total. The second-order valence-electron chi connectivity index (χ2n) is 3.72. The van der Waals surface area contributed by atoms with Crippen molar-refractivity contribution in [1.82, 2.24) is 5.16 Å². The molecular weight excluding hydrogens is 252 g/mol. The van der Waals surface area contributed by atoms with E-state index >= 15 is 0 Å². The summed E-state index contributed by atoms with van der Waals surface area (Å²) in [6, 6.07) is 6.95. The summed E-state index contributed by atoms with van der Waals surface area (Å²) in [4.78, 5) is 11.1. The van der Waals surface area contributed by atoms with E-state index in [2.05, 4.69) is 17.1 Å². The summed E-state index contributed by atoms with van der Waals surface area (Å²) in [6.45, 7) is 5.21. The number of halogens is 1. The van der Waals surface area contributed by atoms with Gasteiger partial charge in [0.25, 0.3) is 0 Å². The number of benzene rings is 1. The Hall–Kier alpha value is -2.07. The van der Waals surface area contributed by atoms with E-state index in [9.17, 15) is 4.79 Å². The van der Waals surface area contributed by atoms with Crippen LogP contribution in [0.15, 0.2) is 41.4 Å². The van der Waals surface area contributed by atoms with Crippen molar-refractivity contribution in [3.63, 3.8) is 0 Å². The van der Waals surface area contributed by atoms with Crippen LogP contribution in [0.5, 0.6) is 0 Å². The molecule has 0 bridgehead atoms. The van der Waals surface area contributed by atoms with Gasteiger partial charge in [-0.15, -0.1) is 0 Å². The van der Waals surface area contributed by atoms with Crippen molar-refractivity contribution in [3.05, 3.63) is 47.6 Å². The van der Waals surface area contributed by atoms with Crippen LogP contribution in [0.1, 0.15) is 5.69 Å². The van der Waals surface area contributed by atoms with Crippen LogP contribution >= 0.6 is 11.6 Å². The highest BCUT2D eigenvalue weighted by molar-refractivity contribution is 6.33. The molecule has 0 atom stereocenters. The Morgan fingerprint density at radius 2 is 2.28 bits per heavy atom. The zero-order valence-electron chi connectivity index (χ0n) is 9.74. The first-order valence-corrected chi connectivity index (χ1v) is 5.64. The van der Waals surface area contributed by atoms with Crippen molar-refractivity contribution in [2.24, 2.45) is 0 Å². The zero-order chi connectivity index (χ0) is 13.1. The fourth-order valence-corrected chi connectivity index (χ4v) is 1.75. The topological polar surface area (TPSA) is 55.1 Å². The Balaban J connectivity index is 2.30. The molecule has 2 aromatic rings. The number of carbonyl (C=O) groups excluding carboxylic acids is 1. The number of nitrogens with one attached hydrogen (secondary N) is 1. The predicted molar refractivity (Wildman–Crippen MR) is 70.5 cm³/mol. The van der Waals surface area contributed by atoms with Crippen LogP contribution in [0.25, 0.3) is 11.3 Å². The number of aryl methyl sites for hydroxylation is 1. The number of rotatable bonds is 3. The van der Waals surface area contributed by atoms with Gasteiger partial charge in [0.05, 0.1) is 10.7 Å².